The minimum Gasteiger partial charge on any atom is -0.475 e. The molecule has 2 aromatic rings. The summed E-state index contributed by atoms with van der Waals surface area (Å²) in [7, 11) is 1.60. The zero-order valence-corrected chi connectivity index (χ0v) is 17.8. The van der Waals surface area contributed by atoms with Gasteiger partial charge in [-0.1, -0.05) is 0 Å². The normalized spacial score (nSPS) is 17.9. The second kappa shape index (κ2) is 9.75. The molecule has 0 bridgehead atoms. The van der Waals surface area contributed by atoms with Gasteiger partial charge in [0.1, 0.15) is 6.61 Å². The number of aromatic nitrogens is 3. The first-order valence-electron chi connectivity index (χ1n) is 9.78. The van der Waals surface area contributed by atoms with Gasteiger partial charge in [-0.2, -0.15) is 4.98 Å². The van der Waals surface area contributed by atoms with E-state index < -0.39 is 11.1 Å². The molecule has 2 aliphatic rings. The highest BCUT2D eigenvalue weighted by Gasteiger charge is 2.26. The lowest BCUT2D eigenvalue weighted by molar-refractivity contribution is -0.115. The fraction of sp³-hybridized carbons (Fsp3) is 0.350. The SMILES string of the molecule is COCCOc1cc(/C=C2\SC(=O)NC2=O)nc(N2CCN(c3cccnc3)CC2)n1. The van der Waals surface area contributed by atoms with Crippen molar-refractivity contribution in [3.05, 3.63) is 41.2 Å². The Morgan fingerprint density at radius 1 is 1.16 bits per heavy atom. The van der Waals surface area contributed by atoms with Crippen LogP contribution in [-0.4, -0.2) is 72.6 Å². The van der Waals surface area contributed by atoms with Crippen molar-refractivity contribution >= 4 is 40.6 Å². The number of carbonyl (C=O) groups excluding carboxylic acids is 2. The van der Waals surface area contributed by atoms with Crippen LogP contribution in [0.25, 0.3) is 6.08 Å². The van der Waals surface area contributed by atoms with E-state index in [0.717, 1.165) is 43.6 Å². The zero-order chi connectivity index (χ0) is 21.6. The largest absolute Gasteiger partial charge is 0.475 e. The number of nitrogens with one attached hydrogen (secondary N) is 1. The van der Waals surface area contributed by atoms with Gasteiger partial charge in [-0.05, 0) is 30.0 Å². The number of rotatable bonds is 7. The maximum Gasteiger partial charge on any atom is 0.290 e. The maximum atomic E-state index is 11.9. The topological polar surface area (TPSA) is 110 Å². The molecule has 1 N–H and O–H groups in total. The van der Waals surface area contributed by atoms with Crippen molar-refractivity contribution in [2.24, 2.45) is 0 Å². The second-order valence-electron chi connectivity index (χ2n) is 6.81. The van der Waals surface area contributed by atoms with E-state index in [2.05, 4.69) is 30.1 Å². The number of ether oxygens (including phenoxy) is 2. The molecule has 2 fully saturated rings. The number of pyridine rings is 1. The van der Waals surface area contributed by atoms with Crippen LogP contribution < -0.4 is 19.9 Å². The lowest BCUT2D eigenvalue weighted by Gasteiger charge is -2.36. The molecule has 31 heavy (non-hydrogen) atoms. The number of nitrogens with zero attached hydrogens (tertiary/aromatic N) is 5. The lowest BCUT2D eigenvalue weighted by Crippen LogP contribution is -2.47. The van der Waals surface area contributed by atoms with E-state index in [1.165, 1.54) is 0 Å². The van der Waals surface area contributed by atoms with Crippen LogP contribution in [0.4, 0.5) is 16.4 Å². The van der Waals surface area contributed by atoms with Gasteiger partial charge in [0.25, 0.3) is 11.1 Å². The molecule has 0 atom stereocenters. The summed E-state index contributed by atoms with van der Waals surface area (Å²) in [6.07, 6.45) is 5.19. The van der Waals surface area contributed by atoms with Gasteiger partial charge in [-0.15, -0.1) is 0 Å². The van der Waals surface area contributed by atoms with Crippen molar-refractivity contribution in [3.63, 3.8) is 0 Å². The van der Waals surface area contributed by atoms with Gasteiger partial charge in [-0.3, -0.25) is 19.9 Å². The fourth-order valence-corrected chi connectivity index (χ4v) is 3.88. The number of thioether (sulfide) groups is 1. The number of methoxy groups -OCH3 is 1. The Bertz CT molecular complexity index is 979. The Hall–Kier alpha value is -3.18. The summed E-state index contributed by atoms with van der Waals surface area (Å²) in [6, 6.07) is 5.61. The quantitative estimate of drug-likeness (QED) is 0.501. The van der Waals surface area contributed by atoms with Crippen molar-refractivity contribution in [1.29, 1.82) is 0 Å². The fourth-order valence-electron chi connectivity index (χ4n) is 3.21. The lowest BCUT2D eigenvalue weighted by atomic mass is 10.3. The molecular formula is C20H22N6O4S. The summed E-state index contributed by atoms with van der Waals surface area (Å²) in [5.41, 5.74) is 1.58. The van der Waals surface area contributed by atoms with Crippen LogP contribution in [0.2, 0.25) is 0 Å². The van der Waals surface area contributed by atoms with E-state index in [-0.39, 0.29) is 0 Å². The first-order valence-corrected chi connectivity index (χ1v) is 10.6. The van der Waals surface area contributed by atoms with E-state index in [1.54, 1.807) is 25.4 Å². The Morgan fingerprint density at radius 3 is 2.65 bits per heavy atom. The van der Waals surface area contributed by atoms with Crippen molar-refractivity contribution in [2.75, 3.05) is 56.3 Å². The number of amides is 2. The molecule has 162 valence electrons. The monoisotopic (exact) mass is 442 g/mol. The van der Waals surface area contributed by atoms with Gasteiger partial charge < -0.3 is 19.3 Å². The van der Waals surface area contributed by atoms with Crippen molar-refractivity contribution in [3.8, 4) is 5.88 Å². The molecule has 4 heterocycles. The summed E-state index contributed by atoms with van der Waals surface area (Å²) in [6.45, 7) is 3.80. The first-order chi connectivity index (χ1) is 15.1. The molecule has 2 aromatic heterocycles. The predicted octanol–water partition coefficient (Wildman–Crippen LogP) is 1.55. The van der Waals surface area contributed by atoms with Crippen LogP contribution in [0.5, 0.6) is 5.88 Å². The van der Waals surface area contributed by atoms with E-state index in [4.69, 9.17) is 9.47 Å². The molecule has 0 spiro atoms. The predicted molar refractivity (Wildman–Crippen MR) is 117 cm³/mol. The number of piperazine rings is 1. The van der Waals surface area contributed by atoms with E-state index in [1.807, 2.05) is 18.3 Å². The molecule has 2 amide bonds. The van der Waals surface area contributed by atoms with Crippen LogP contribution in [0.1, 0.15) is 5.69 Å². The molecule has 0 aromatic carbocycles. The van der Waals surface area contributed by atoms with Gasteiger partial charge in [0.15, 0.2) is 0 Å². The minimum absolute atomic E-state index is 0.291. The molecule has 11 heteroatoms. The number of imide groups is 1. The Morgan fingerprint density at radius 2 is 1.97 bits per heavy atom. The highest BCUT2D eigenvalue weighted by molar-refractivity contribution is 8.18. The van der Waals surface area contributed by atoms with Crippen LogP contribution in [0, 0.1) is 0 Å². The molecule has 2 aliphatic heterocycles. The third-order valence-electron chi connectivity index (χ3n) is 4.74. The summed E-state index contributed by atoms with van der Waals surface area (Å²) in [4.78, 5) is 41.3. The molecule has 0 unspecified atom stereocenters. The minimum atomic E-state index is -0.429. The molecule has 10 nitrogen and oxygen atoms in total. The van der Waals surface area contributed by atoms with Gasteiger partial charge in [0, 0.05) is 45.6 Å². The van der Waals surface area contributed by atoms with Crippen molar-refractivity contribution < 1.29 is 19.1 Å². The Labute approximate surface area is 183 Å². The molecule has 4 rings (SSSR count). The van der Waals surface area contributed by atoms with Crippen LogP contribution in [0.3, 0.4) is 0 Å². The van der Waals surface area contributed by atoms with Crippen LogP contribution >= 0.6 is 11.8 Å². The van der Waals surface area contributed by atoms with Gasteiger partial charge in [0.05, 0.1) is 29.1 Å². The van der Waals surface area contributed by atoms with Crippen molar-refractivity contribution in [1.82, 2.24) is 20.3 Å². The van der Waals surface area contributed by atoms with Crippen molar-refractivity contribution in [2.45, 2.75) is 0 Å². The standard InChI is InChI=1S/C20H22N6O4S/c1-29-9-10-30-17-12-14(11-16-18(27)24-20(28)31-16)22-19(23-17)26-7-5-25(6-8-26)15-3-2-4-21-13-15/h2-4,11-13H,5-10H2,1H3,(H,24,27,28)/b16-11-. The Kier molecular flexibility index (Phi) is 6.63. The average molecular weight is 443 g/mol. The molecule has 0 radical (unpaired) electrons. The van der Waals surface area contributed by atoms with E-state index in [0.29, 0.717) is 35.6 Å². The smallest absolute Gasteiger partial charge is 0.290 e. The van der Waals surface area contributed by atoms with Gasteiger partial charge in [-0.25, -0.2) is 4.98 Å². The van der Waals surface area contributed by atoms with Crippen LogP contribution in [0.15, 0.2) is 35.5 Å². The summed E-state index contributed by atoms with van der Waals surface area (Å²) < 4.78 is 10.7. The Balaban J connectivity index is 1.53. The third kappa shape index (κ3) is 5.30. The first kappa shape index (κ1) is 21.1. The molecule has 0 aliphatic carbocycles. The maximum absolute atomic E-state index is 11.9. The summed E-state index contributed by atoms with van der Waals surface area (Å²) in [5.74, 6) is 0.475. The average Bonchev–Trinajstić information content (AvgIpc) is 3.11. The zero-order valence-electron chi connectivity index (χ0n) is 17.0. The molecular weight excluding hydrogens is 420 g/mol. The summed E-state index contributed by atoms with van der Waals surface area (Å²) in [5, 5.41) is 1.85. The molecule has 2 saturated heterocycles. The number of hydrogen-bond donors (Lipinski definition) is 1. The molecule has 0 saturated carbocycles. The second-order valence-corrected chi connectivity index (χ2v) is 7.82. The number of hydrogen-bond acceptors (Lipinski definition) is 10. The summed E-state index contributed by atoms with van der Waals surface area (Å²) >= 11 is 0.849. The van der Waals surface area contributed by atoms with Gasteiger partial charge in [0.2, 0.25) is 11.8 Å². The number of carbonyl (C=O) groups is 2. The van der Waals surface area contributed by atoms with E-state index in [9.17, 15) is 9.59 Å². The number of anilines is 2. The highest BCUT2D eigenvalue weighted by Crippen LogP contribution is 2.27. The third-order valence-corrected chi connectivity index (χ3v) is 5.55. The van der Waals surface area contributed by atoms with Crippen LogP contribution in [-0.2, 0) is 9.53 Å². The van der Waals surface area contributed by atoms with Gasteiger partial charge >= 0.3 is 0 Å². The highest BCUT2D eigenvalue weighted by atomic mass is 32.2. The van der Waals surface area contributed by atoms with E-state index >= 15 is 0 Å².